The molecule has 0 radical (unpaired) electrons. The molecule has 1 aliphatic carbocycles. The molecule has 6 heterocycles. The van der Waals surface area contributed by atoms with Crippen LogP contribution in [0.15, 0.2) is 147 Å². The first-order chi connectivity index (χ1) is 33.8. The van der Waals surface area contributed by atoms with Crippen LogP contribution in [0.1, 0.15) is 50.5 Å². The normalized spacial score (nSPS) is 15.6. The number of hydrogen-bond donors (Lipinski definition) is 3. The molecule has 3 aromatic carbocycles. The number of rotatable bonds is 6. The summed E-state index contributed by atoms with van der Waals surface area (Å²) in [6.07, 6.45) is 13.2. The molecule has 0 atom stereocenters. The molecule has 364 valence electrons. The van der Waals surface area contributed by atoms with Crippen LogP contribution in [0.5, 0.6) is 0 Å². The Labute approximate surface area is 406 Å². The van der Waals surface area contributed by atoms with Gasteiger partial charge in [0.2, 0.25) is 0 Å². The molecule has 3 N–H and O–H groups in total. The number of hydrogen-bond acceptors (Lipinski definition) is 8. The third-order valence-electron chi connectivity index (χ3n) is 12.1. The highest BCUT2D eigenvalue weighted by Gasteiger charge is 2.48. The molecule has 3 aliphatic rings. The minimum Gasteiger partial charge on any atom is -0.355 e. The Kier molecular flexibility index (Phi) is 15.6. The van der Waals surface area contributed by atoms with Crippen molar-refractivity contribution in [3.63, 3.8) is 0 Å². The largest absolute Gasteiger partial charge is 0.417 e. The summed E-state index contributed by atoms with van der Waals surface area (Å²) in [6.45, 7) is 2.01. The highest BCUT2D eigenvalue weighted by atomic mass is 35.5. The molecule has 15 nitrogen and oxygen atoms in total. The number of alkyl halides is 3. The number of carbonyl (C=O) groups excluding carboxylic acids is 3. The fraction of sp³-hybridized carbons (Fsp3) is 0.280. The van der Waals surface area contributed by atoms with Gasteiger partial charge in [-0.1, -0.05) is 61.2 Å². The summed E-state index contributed by atoms with van der Waals surface area (Å²) in [4.78, 5) is 48.3. The van der Waals surface area contributed by atoms with Gasteiger partial charge < -0.3 is 30.2 Å². The van der Waals surface area contributed by atoms with Gasteiger partial charge >= 0.3 is 24.3 Å². The molecule has 1 spiro atoms. The van der Waals surface area contributed by atoms with Gasteiger partial charge in [-0.2, -0.15) is 23.0 Å². The second-order valence-electron chi connectivity index (χ2n) is 16.7. The first-order valence-electron chi connectivity index (χ1n) is 22.7. The quantitative estimate of drug-likeness (QED) is 0.139. The first kappa shape index (κ1) is 48.9. The van der Waals surface area contributed by atoms with Crippen molar-refractivity contribution < 1.29 is 36.7 Å². The molecule has 1 saturated carbocycles. The van der Waals surface area contributed by atoms with Gasteiger partial charge in [-0.3, -0.25) is 9.47 Å². The summed E-state index contributed by atoms with van der Waals surface area (Å²) >= 11 is 6.10. The number of nitrogens with zero attached hydrogens (tertiary/aromatic N) is 8. The molecule has 4 aromatic heterocycles. The van der Waals surface area contributed by atoms with Crippen LogP contribution in [-0.4, -0.2) is 89.9 Å². The van der Waals surface area contributed by atoms with Gasteiger partial charge in [0.15, 0.2) is 0 Å². The number of piperidine rings is 1. The monoisotopic (exact) mass is 979 g/mol. The van der Waals surface area contributed by atoms with E-state index in [0.717, 1.165) is 60.6 Å². The van der Waals surface area contributed by atoms with E-state index in [0.29, 0.717) is 50.6 Å². The minimum absolute atomic E-state index is 0.0278. The molecule has 2 saturated heterocycles. The van der Waals surface area contributed by atoms with Crippen LogP contribution in [0, 0.1) is 5.82 Å². The lowest BCUT2D eigenvalue weighted by Crippen LogP contribution is -2.58. The maximum atomic E-state index is 12.9. The molecule has 20 heteroatoms. The summed E-state index contributed by atoms with van der Waals surface area (Å²) in [5.74, 6) is 0.00434. The summed E-state index contributed by atoms with van der Waals surface area (Å²) in [7, 11) is 0. The number of pyridine rings is 1. The number of carbonyl (C=O) groups is 3. The van der Waals surface area contributed by atoms with Gasteiger partial charge in [0.1, 0.15) is 17.4 Å². The van der Waals surface area contributed by atoms with Crippen LogP contribution in [0.4, 0.5) is 49.1 Å². The molecule has 2 aliphatic heterocycles. The van der Waals surface area contributed by atoms with Gasteiger partial charge in [-0.15, -0.1) is 0 Å². The van der Waals surface area contributed by atoms with Crippen LogP contribution in [-0.2, 0) is 10.9 Å². The van der Waals surface area contributed by atoms with Gasteiger partial charge in [-0.25, -0.2) is 28.7 Å². The van der Waals surface area contributed by atoms with Crippen LogP contribution >= 0.6 is 11.6 Å². The maximum Gasteiger partial charge on any atom is 0.417 e. The predicted octanol–water partition coefficient (Wildman–Crippen LogP) is 10.9. The molecular formula is C50H50ClF4N11O4. The zero-order chi connectivity index (χ0) is 49.1. The van der Waals surface area contributed by atoms with E-state index in [-0.39, 0.29) is 35.0 Å². The van der Waals surface area contributed by atoms with E-state index in [1.54, 1.807) is 48.1 Å². The maximum absolute atomic E-state index is 12.9. The van der Waals surface area contributed by atoms with Gasteiger partial charge in [0, 0.05) is 98.3 Å². The van der Waals surface area contributed by atoms with Crippen LogP contribution in [0.2, 0.25) is 5.02 Å². The Hall–Kier alpha value is -7.51. The smallest absolute Gasteiger partial charge is 0.355 e. The molecule has 10 rings (SSSR count). The van der Waals surface area contributed by atoms with Crippen molar-refractivity contribution >= 4 is 46.9 Å². The third-order valence-corrected chi connectivity index (χ3v) is 12.3. The lowest BCUT2D eigenvalue weighted by molar-refractivity contribution is -0.137. The Bertz CT molecular complexity index is 2800. The number of halogens is 5. The highest BCUT2D eigenvalue weighted by molar-refractivity contribution is 6.33. The fourth-order valence-electron chi connectivity index (χ4n) is 8.40. The van der Waals surface area contributed by atoms with E-state index in [1.807, 2.05) is 76.3 Å². The average Bonchev–Trinajstić information content (AvgIpc) is 4.23. The van der Waals surface area contributed by atoms with Crippen molar-refractivity contribution in [3.05, 3.63) is 163 Å². The second kappa shape index (κ2) is 22.3. The zero-order valence-electron chi connectivity index (χ0n) is 37.8. The summed E-state index contributed by atoms with van der Waals surface area (Å²) in [5, 5.41) is 12.9. The molecule has 3 fully saturated rings. The van der Waals surface area contributed by atoms with Gasteiger partial charge in [0.25, 0.3) is 0 Å². The SMILES string of the molecule is O=C(NC1CCCCC1)N1CCOC12CCN(c1ncc(C(F)(F)F)cc1Cl)CC2.O=C(Nc1ccc(F)cc1)n1cccc1.O=C(Nc1ccccc1)n1ccc(-c2ccc(-n3ccnc3)cc2)n1. The Morgan fingerprint density at radius 3 is 2.10 bits per heavy atom. The van der Waals surface area contributed by atoms with E-state index >= 15 is 0 Å². The Balaban J connectivity index is 0.000000149. The van der Waals surface area contributed by atoms with E-state index < -0.39 is 17.5 Å². The number of anilines is 3. The summed E-state index contributed by atoms with van der Waals surface area (Å²) < 4.78 is 61.8. The molecular weight excluding hydrogens is 930 g/mol. The number of para-hydroxylation sites is 1. The number of ether oxygens (including phenoxy) is 1. The standard InChI is InChI=1S/C20H26ClF3N4O2.C19H15N5O.C11H9FN2O/c21-16-12-14(20(22,23)24)13-25-17(16)27-8-6-19(7-9-27)28(10-11-30-19)18(29)26-15-4-2-1-3-5-15;25-19(21-16-4-2-1-3-5-16)24-12-10-18(22-24)15-6-8-17(9-7-15)23-13-11-20-14-23;12-9-3-5-10(6-4-9)13-11(15)14-7-1-2-8-14/h12-13,15H,1-11H2,(H,26,29);1-14H,(H,21,25);1-8H,(H,13,15). The zero-order valence-corrected chi connectivity index (χ0v) is 38.6. The van der Waals surface area contributed by atoms with Gasteiger partial charge in [0.05, 0.1) is 29.2 Å². The van der Waals surface area contributed by atoms with Crippen molar-refractivity contribution in [1.82, 2.24) is 39.1 Å². The van der Waals surface area contributed by atoms with Crippen LogP contribution in [0.25, 0.3) is 16.9 Å². The average molecular weight is 980 g/mol. The Morgan fingerprint density at radius 1 is 0.757 bits per heavy atom. The molecule has 70 heavy (non-hydrogen) atoms. The summed E-state index contributed by atoms with van der Waals surface area (Å²) in [6, 6.07) is 28.6. The topological polar surface area (TPSA) is 156 Å². The van der Waals surface area contributed by atoms with Crippen molar-refractivity contribution in [2.45, 2.75) is 62.9 Å². The van der Waals surface area contributed by atoms with E-state index in [9.17, 15) is 31.9 Å². The van der Waals surface area contributed by atoms with Crippen molar-refractivity contribution in [3.8, 4) is 16.9 Å². The van der Waals surface area contributed by atoms with E-state index in [1.165, 1.54) is 39.9 Å². The second-order valence-corrected chi connectivity index (χ2v) is 17.1. The summed E-state index contributed by atoms with van der Waals surface area (Å²) in [5.41, 5.74) is 2.45. The number of imidazole rings is 1. The molecule has 0 bridgehead atoms. The van der Waals surface area contributed by atoms with Crippen molar-refractivity contribution in [1.29, 1.82) is 0 Å². The molecule has 4 amide bonds. The highest BCUT2D eigenvalue weighted by Crippen LogP contribution is 2.39. The molecule has 7 aromatic rings. The first-order valence-corrected chi connectivity index (χ1v) is 23.1. The third kappa shape index (κ3) is 12.4. The lowest BCUT2D eigenvalue weighted by Gasteiger charge is -2.44. The predicted molar refractivity (Wildman–Crippen MR) is 257 cm³/mol. The van der Waals surface area contributed by atoms with Crippen LogP contribution < -0.4 is 20.9 Å². The fourth-order valence-corrected chi connectivity index (χ4v) is 8.68. The minimum atomic E-state index is -4.48. The number of amides is 4. The van der Waals surface area contributed by atoms with Gasteiger partial charge in [-0.05, 0) is 85.6 Å². The van der Waals surface area contributed by atoms with E-state index in [2.05, 4.69) is 31.0 Å². The molecule has 0 unspecified atom stereocenters. The Morgan fingerprint density at radius 2 is 1.44 bits per heavy atom. The number of aromatic nitrogens is 6. The number of benzene rings is 3. The van der Waals surface area contributed by atoms with Crippen LogP contribution in [0.3, 0.4) is 0 Å². The van der Waals surface area contributed by atoms with Crippen molar-refractivity contribution in [2.75, 3.05) is 41.8 Å². The van der Waals surface area contributed by atoms with E-state index in [4.69, 9.17) is 16.3 Å². The number of nitrogens with one attached hydrogen (secondary N) is 3. The van der Waals surface area contributed by atoms with Crippen molar-refractivity contribution in [2.24, 2.45) is 0 Å². The number of urea groups is 1. The lowest BCUT2D eigenvalue weighted by atomic mass is 9.95.